The monoisotopic (exact) mass is 885 g/mol. The highest BCUT2D eigenvalue weighted by atomic mass is 31.2. The maximum atomic E-state index is 12.7. The van der Waals surface area contributed by atoms with Gasteiger partial charge in [0.1, 0.15) is 12.2 Å². The van der Waals surface area contributed by atoms with E-state index in [1.807, 2.05) is 0 Å². The number of phosphoric acid groups is 1. The molecule has 0 rings (SSSR count). The number of carbonyl (C=O) groups is 1. The predicted molar refractivity (Wildman–Crippen MR) is 256 cm³/mol. The Morgan fingerprint density at radius 2 is 0.885 bits per heavy atom. The molecule has 0 aliphatic carbocycles. The maximum Gasteiger partial charge on any atom is 0.472 e. The minimum atomic E-state index is -4.52. The molecule has 9 nitrogen and oxygen atoms in total. The van der Waals surface area contributed by atoms with Gasteiger partial charge in [0.2, 0.25) is 0 Å². The van der Waals surface area contributed by atoms with E-state index in [1.165, 1.54) is 161 Å². The van der Waals surface area contributed by atoms with Gasteiger partial charge < -0.3 is 24.6 Å². The van der Waals surface area contributed by atoms with Gasteiger partial charge in [0.15, 0.2) is 0 Å². The van der Waals surface area contributed by atoms with Crippen LogP contribution in [0, 0.1) is 0 Å². The number of aliphatic hydroxyl groups excluding tert-OH is 2. The molecule has 0 bridgehead atoms. The third kappa shape index (κ3) is 48.0. The second-order valence-electron chi connectivity index (χ2n) is 17.2. The van der Waals surface area contributed by atoms with Crippen LogP contribution in [0.2, 0.25) is 0 Å². The van der Waals surface area contributed by atoms with Crippen molar-refractivity contribution in [2.24, 2.45) is 0 Å². The van der Waals surface area contributed by atoms with Gasteiger partial charge in [0.05, 0.1) is 26.4 Å². The fraction of sp³-hybridized carbons (Fsp3) is 0.863. The van der Waals surface area contributed by atoms with Crippen molar-refractivity contribution in [1.29, 1.82) is 0 Å². The van der Waals surface area contributed by atoms with Crippen molar-refractivity contribution in [3.8, 4) is 0 Å². The zero-order valence-corrected chi connectivity index (χ0v) is 40.5. The fourth-order valence-electron chi connectivity index (χ4n) is 7.19. The van der Waals surface area contributed by atoms with E-state index < -0.39 is 33.2 Å². The van der Waals surface area contributed by atoms with Gasteiger partial charge in [-0.3, -0.25) is 13.8 Å². The van der Waals surface area contributed by atoms with E-state index in [0.29, 0.717) is 6.61 Å². The van der Waals surface area contributed by atoms with Crippen LogP contribution in [-0.4, -0.2) is 66.3 Å². The molecule has 0 fully saturated rings. The molecular weight excluding hydrogens is 788 g/mol. The second-order valence-corrected chi connectivity index (χ2v) is 18.6. The summed E-state index contributed by atoms with van der Waals surface area (Å²) >= 11 is 0. The number of aliphatic hydroxyl groups is 2. The van der Waals surface area contributed by atoms with E-state index in [1.54, 1.807) is 0 Å². The van der Waals surface area contributed by atoms with Gasteiger partial charge in [-0.15, -0.1) is 0 Å². The zero-order chi connectivity index (χ0) is 44.6. The smallest absolute Gasteiger partial charge is 0.457 e. The molecule has 0 aliphatic rings. The summed E-state index contributed by atoms with van der Waals surface area (Å²) in [5.74, 6) is -0.382. The number of esters is 1. The summed E-state index contributed by atoms with van der Waals surface area (Å²) in [4.78, 5) is 22.7. The van der Waals surface area contributed by atoms with Crippen LogP contribution >= 0.6 is 7.82 Å². The van der Waals surface area contributed by atoms with Crippen molar-refractivity contribution < 1.29 is 43.0 Å². The molecule has 0 spiro atoms. The van der Waals surface area contributed by atoms with Crippen LogP contribution in [0.25, 0.3) is 0 Å². The Labute approximate surface area is 375 Å². The topological polar surface area (TPSA) is 132 Å². The van der Waals surface area contributed by atoms with Gasteiger partial charge in [-0.1, -0.05) is 217 Å². The highest BCUT2D eigenvalue weighted by Gasteiger charge is 2.26. The maximum absolute atomic E-state index is 12.7. The summed E-state index contributed by atoms with van der Waals surface area (Å²) < 4.78 is 33.5. The molecule has 0 saturated heterocycles. The summed E-state index contributed by atoms with van der Waals surface area (Å²) in [6.07, 6.45) is 53.9. The largest absolute Gasteiger partial charge is 0.472 e. The lowest BCUT2D eigenvalue weighted by molar-refractivity contribution is -0.154. The second kappa shape index (κ2) is 48.1. The summed E-state index contributed by atoms with van der Waals surface area (Å²) in [6.45, 7) is 3.53. The molecule has 0 saturated carbocycles. The molecule has 3 unspecified atom stereocenters. The summed E-state index contributed by atoms with van der Waals surface area (Å²) in [5, 5.41) is 18.4. The van der Waals surface area contributed by atoms with Gasteiger partial charge in [0.25, 0.3) is 0 Å². The molecule has 0 radical (unpaired) electrons. The number of carbonyl (C=O) groups excluding carboxylic acids is 1. The predicted octanol–water partition coefficient (Wildman–Crippen LogP) is 14.8. The fourth-order valence-corrected chi connectivity index (χ4v) is 7.98. The molecule has 0 aliphatic heterocycles. The van der Waals surface area contributed by atoms with E-state index in [0.717, 1.165) is 57.8 Å². The molecule has 0 aromatic carbocycles. The van der Waals surface area contributed by atoms with Crippen LogP contribution < -0.4 is 0 Å². The van der Waals surface area contributed by atoms with Gasteiger partial charge in [-0.05, 0) is 51.4 Å². The summed E-state index contributed by atoms with van der Waals surface area (Å²) in [5.41, 5.74) is 0. The Kier molecular flexibility index (Phi) is 47.1. The Hall–Kier alpha value is -1.32. The highest BCUT2D eigenvalue weighted by molar-refractivity contribution is 7.47. The first kappa shape index (κ1) is 59.7. The molecular formula is C51H97O9P. The van der Waals surface area contributed by atoms with Crippen molar-refractivity contribution in [1.82, 2.24) is 0 Å². The molecule has 0 aromatic heterocycles. The van der Waals surface area contributed by atoms with Gasteiger partial charge >= 0.3 is 13.8 Å². The average Bonchev–Trinajstić information content (AvgIpc) is 3.25. The Balaban J connectivity index is 4.09. The van der Waals surface area contributed by atoms with Crippen LogP contribution in [0.15, 0.2) is 36.5 Å². The van der Waals surface area contributed by atoms with Crippen molar-refractivity contribution in [2.75, 3.05) is 33.0 Å². The van der Waals surface area contributed by atoms with Crippen molar-refractivity contribution >= 4 is 13.8 Å². The van der Waals surface area contributed by atoms with Crippen LogP contribution in [0.3, 0.4) is 0 Å². The first-order valence-corrected chi connectivity index (χ1v) is 27.0. The third-order valence-electron chi connectivity index (χ3n) is 11.1. The number of hydrogen-bond acceptors (Lipinski definition) is 8. The Morgan fingerprint density at radius 3 is 1.33 bits per heavy atom. The number of allylic oxidation sites excluding steroid dienone is 6. The van der Waals surface area contributed by atoms with E-state index in [2.05, 4.69) is 50.3 Å². The van der Waals surface area contributed by atoms with Crippen LogP contribution in [0.1, 0.15) is 239 Å². The Bertz CT molecular complexity index is 1050. The molecule has 360 valence electrons. The quantitative estimate of drug-likeness (QED) is 0.0236. The minimum Gasteiger partial charge on any atom is -0.457 e. The first-order valence-electron chi connectivity index (χ1n) is 25.5. The van der Waals surface area contributed by atoms with Gasteiger partial charge in [-0.25, -0.2) is 4.57 Å². The molecule has 3 atom stereocenters. The highest BCUT2D eigenvalue weighted by Crippen LogP contribution is 2.43. The SMILES string of the molecule is CCCCCCC/C=C\C/C=C\C/C=C\CCCCCCCCCOCC(COP(=O)(O)OCC(O)CO)OC(=O)CCCCCCCCCCCCCCCCCCCC. The Morgan fingerprint density at radius 1 is 0.508 bits per heavy atom. The number of hydrogen-bond donors (Lipinski definition) is 3. The van der Waals surface area contributed by atoms with Gasteiger partial charge in [-0.2, -0.15) is 0 Å². The average molecular weight is 885 g/mol. The lowest BCUT2D eigenvalue weighted by Gasteiger charge is -2.20. The normalized spacial score (nSPS) is 14.1. The van der Waals surface area contributed by atoms with Gasteiger partial charge in [0, 0.05) is 13.0 Å². The molecule has 61 heavy (non-hydrogen) atoms. The number of phosphoric ester groups is 1. The van der Waals surface area contributed by atoms with Crippen molar-refractivity contribution in [3.63, 3.8) is 0 Å². The molecule has 0 heterocycles. The lowest BCUT2D eigenvalue weighted by Crippen LogP contribution is -2.29. The zero-order valence-electron chi connectivity index (χ0n) is 39.6. The van der Waals surface area contributed by atoms with Crippen molar-refractivity contribution in [2.45, 2.75) is 251 Å². The van der Waals surface area contributed by atoms with Crippen LogP contribution in [0.4, 0.5) is 0 Å². The van der Waals surface area contributed by atoms with E-state index in [9.17, 15) is 19.4 Å². The van der Waals surface area contributed by atoms with Crippen molar-refractivity contribution in [3.05, 3.63) is 36.5 Å². The standard InChI is InChI=1S/C51H97O9P/c1-3-5-7-9-11-13-15-17-19-21-23-24-25-26-28-30-32-34-36-38-40-42-44-57-47-50(48-59-61(55,56)58-46-49(53)45-52)60-51(54)43-41-39-37-35-33-31-29-27-22-20-18-16-14-12-10-8-6-4-2/h15,17,21,23,25-26,49-50,52-53H,3-14,16,18-20,22,24,27-48H2,1-2H3,(H,55,56)/b17-15-,23-21-,26-25-. The van der Waals surface area contributed by atoms with E-state index in [4.69, 9.17) is 23.6 Å². The number of unbranched alkanes of at least 4 members (excludes halogenated alkanes) is 29. The lowest BCUT2D eigenvalue weighted by atomic mass is 10.0. The number of ether oxygens (including phenoxy) is 2. The molecule has 0 aromatic rings. The molecule has 3 N–H and O–H groups in total. The third-order valence-corrected chi connectivity index (χ3v) is 12.0. The molecule has 0 amide bonds. The molecule has 10 heteroatoms. The minimum absolute atomic E-state index is 0.0454. The van der Waals surface area contributed by atoms with E-state index in [-0.39, 0.29) is 25.6 Å². The summed E-state index contributed by atoms with van der Waals surface area (Å²) in [7, 11) is -4.52. The number of rotatable bonds is 49. The first-order chi connectivity index (χ1) is 29.8. The van der Waals surface area contributed by atoms with E-state index >= 15 is 0 Å². The van der Waals surface area contributed by atoms with Crippen LogP contribution in [0.5, 0.6) is 0 Å². The summed E-state index contributed by atoms with van der Waals surface area (Å²) in [6, 6.07) is 0. The van der Waals surface area contributed by atoms with Crippen LogP contribution in [-0.2, 0) is 27.9 Å².